The van der Waals surface area contributed by atoms with Gasteiger partial charge in [-0.1, -0.05) is 11.6 Å². The van der Waals surface area contributed by atoms with Gasteiger partial charge in [0.2, 0.25) is 0 Å². The summed E-state index contributed by atoms with van der Waals surface area (Å²) < 4.78 is 0.718. The van der Waals surface area contributed by atoms with Crippen molar-refractivity contribution in [3.05, 3.63) is 21.4 Å². The molecule has 0 radical (unpaired) electrons. The summed E-state index contributed by atoms with van der Waals surface area (Å²) in [5, 5.41) is 0.215. The van der Waals surface area contributed by atoms with Crippen molar-refractivity contribution < 1.29 is 0 Å². The van der Waals surface area contributed by atoms with Gasteiger partial charge in [-0.3, -0.25) is 0 Å². The van der Waals surface area contributed by atoms with Crippen LogP contribution in [0.3, 0.4) is 0 Å². The zero-order valence-electron chi connectivity index (χ0n) is 4.99. The van der Waals surface area contributed by atoms with Crippen LogP contribution < -0.4 is 11.5 Å². The van der Waals surface area contributed by atoms with E-state index >= 15 is 0 Å². The normalized spacial score (nSPS) is 15.2. The van der Waals surface area contributed by atoms with Crippen LogP contribution in [0.5, 0.6) is 0 Å². The summed E-state index contributed by atoms with van der Waals surface area (Å²) in [6, 6.07) is 0. The maximum atomic E-state index is 5.36. The minimum absolute atomic E-state index is 0.215. The lowest BCUT2D eigenvalue weighted by atomic mass is 10.4. The molecule has 0 aliphatic rings. The van der Waals surface area contributed by atoms with Crippen molar-refractivity contribution in [3.8, 4) is 0 Å². The summed E-state index contributed by atoms with van der Waals surface area (Å²) in [6.45, 7) is 1.75. The van der Waals surface area contributed by atoms with Gasteiger partial charge in [0.25, 0.3) is 0 Å². The van der Waals surface area contributed by atoms with Crippen molar-refractivity contribution in [1.82, 2.24) is 0 Å². The Morgan fingerprint density at radius 2 is 2.00 bits per heavy atom. The average molecular weight is 211 g/mol. The first-order valence-electron chi connectivity index (χ1n) is 2.28. The number of hydrogen-bond acceptors (Lipinski definition) is 2. The maximum Gasteiger partial charge on any atom is 0.100 e. The third-order valence-corrected chi connectivity index (χ3v) is 1.60. The summed E-state index contributed by atoms with van der Waals surface area (Å²) in [5.41, 5.74) is 11.1. The van der Waals surface area contributed by atoms with Crippen molar-refractivity contribution in [3.63, 3.8) is 0 Å². The van der Waals surface area contributed by atoms with E-state index in [0.717, 1.165) is 4.48 Å². The molecule has 0 bridgehead atoms. The van der Waals surface area contributed by atoms with E-state index in [9.17, 15) is 0 Å². The highest BCUT2D eigenvalue weighted by atomic mass is 79.9. The van der Waals surface area contributed by atoms with Crippen molar-refractivity contribution in [2.75, 3.05) is 0 Å². The second kappa shape index (κ2) is 3.80. The Balaban J connectivity index is 4.25. The van der Waals surface area contributed by atoms with Gasteiger partial charge in [-0.25, -0.2) is 0 Å². The van der Waals surface area contributed by atoms with Crippen LogP contribution in [0.25, 0.3) is 0 Å². The van der Waals surface area contributed by atoms with Gasteiger partial charge in [-0.15, -0.1) is 0 Å². The van der Waals surface area contributed by atoms with E-state index in [1.165, 1.54) is 6.08 Å². The molecule has 0 aliphatic carbocycles. The third-order valence-electron chi connectivity index (χ3n) is 0.641. The Bertz CT molecular complexity index is 154. The predicted octanol–water partition coefficient (Wildman–Crippen LogP) is 1.61. The van der Waals surface area contributed by atoms with E-state index in [2.05, 4.69) is 15.9 Å². The predicted molar refractivity (Wildman–Crippen MR) is 43.9 cm³/mol. The van der Waals surface area contributed by atoms with E-state index in [1.807, 2.05) is 0 Å². The summed E-state index contributed by atoms with van der Waals surface area (Å²) in [6.07, 6.45) is 1.54. The molecule has 9 heavy (non-hydrogen) atoms. The average Bonchev–Trinajstić information content (AvgIpc) is 1.63. The molecule has 0 aromatic heterocycles. The van der Waals surface area contributed by atoms with Crippen LogP contribution >= 0.6 is 27.5 Å². The summed E-state index contributed by atoms with van der Waals surface area (Å²) >= 11 is 8.49. The van der Waals surface area contributed by atoms with Gasteiger partial charge < -0.3 is 11.5 Å². The molecule has 52 valence electrons. The Morgan fingerprint density at radius 3 is 2.11 bits per heavy atom. The molecular weight excluding hydrogens is 203 g/mol. The van der Waals surface area contributed by atoms with Crippen molar-refractivity contribution in [2.24, 2.45) is 11.5 Å². The molecule has 0 saturated carbocycles. The largest absolute Gasteiger partial charge is 0.401 e. The van der Waals surface area contributed by atoms with Crippen LogP contribution in [-0.4, -0.2) is 0 Å². The van der Waals surface area contributed by atoms with E-state index in [0.29, 0.717) is 5.70 Å². The van der Waals surface area contributed by atoms with Crippen LogP contribution in [0.1, 0.15) is 6.92 Å². The number of rotatable bonds is 1. The van der Waals surface area contributed by atoms with E-state index in [4.69, 9.17) is 23.1 Å². The second-order valence-electron chi connectivity index (χ2n) is 1.56. The molecule has 0 heterocycles. The monoisotopic (exact) mass is 210 g/mol. The fourth-order valence-corrected chi connectivity index (χ4v) is 0.722. The molecule has 0 fully saturated rings. The van der Waals surface area contributed by atoms with Crippen molar-refractivity contribution in [1.29, 1.82) is 0 Å². The first-order chi connectivity index (χ1) is 4.04. The van der Waals surface area contributed by atoms with Crippen LogP contribution in [0.2, 0.25) is 0 Å². The van der Waals surface area contributed by atoms with E-state index in [1.54, 1.807) is 6.92 Å². The minimum Gasteiger partial charge on any atom is -0.401 e. The lowest BCUT2D eigenvalue weighted by Gasteiger charge is -1.92. The van der Waals surface area contributed by atoms with Crippen LogP contribution in [0.15, 0.2) is 21.4 Å². The molecule has 4 N–H and O–H groups in total. The number of halogens is 2. The molecule has 4 heteroatoms. The quantitative estimate of drug-likeness (QED) is 0.511. The Kier molecular flexibility index (Phi) is 3.73. The highest BCUT2D eigenvalue weighted by molar-refractivity contribution is 9.11. The minimum atomic E-state index is 0.215. The molecule has 0 aromatic carbocycles. The molecule has 0 amide bonds. The Hall–Kier alpha value is -0.150. The molecular formula is C5H8BrClN2. The third kappa shape index (κ3) is 4.36. The molecule has 0 rings (SSSR count). The summed E-state index contributed by atoms with van der Waals surface area (Å²) in [4.78, 5) is 0. The molecule has 0 atom stereocenters. The first kappa shape index (κ1) is 8.85. The topological polar surface area (TPSA) is 52.0 Å². The van der Waals surface area contributed by atoms with E-state index in [-0.39, 0.29) is 5.16 Å². The van der Waals surface area contributed by atoms with Gasteiger partial charge in [0.15, 0.2) is 0 Å². The molecule has 0 spiro atoms. The zero-order valence-corrected chi connectivity index (χ0v) is 7.33. The van der Waals surface area contributed by atoms with Crippen LogP contribution in [0.4, 0.5) is 0 Å². The highest BCUT2D eigenvalue weighted by Gasteiger charge is 1.89. The van der Waals surface area contributed by atoms with Gasteiger partial charge in [0.05, 0.1) is 0 Å². The van der Waals surface area contributed by atoms with Gasteiger partial charge in [-0.05, 0) is 28.9 Å². The smallest absolute Gasteiger partial charge is 0.100 e. The zero-order chi connectivity index (χ0) is 7.44. The molecule has 0 aliphatic heterocycles. The maximum absolute atomic E-state index is 5.36. The lowest BCUT2D eigenvalue weighted by molar-refractivity contribution is 1.30. The lowest BCUT2D eigenvalue weighted by Crippen LogP contribution is -1.94. The van der Waals surface area contributed by atoms with Crippen LogP contribution in [0, 0.1) is 0 Å². The van der Waals surface area contributed by atoms with Gasteiger partial charge >= 0.3 is 0 Å². The first-order valence-corrected chi connectivity index (χ1v) is 3.45. The van der Waals surface area contributed by atoms with Gasteiger partial charge in [-0.2, -0.15) is 0 Å². The van der Waals surface area contributed by atoms with Crippen LogP contribution in [-0.2, 0) is 0 Å². The van der Waals surface area contributed by atoms with Crippen molar-refractivity contribution in [2.45, 2.75) is 6.92 Å². The molecule has 2 nitrogen and oxygen atoms in total. The number of nitrogens with two attached hydrogens (primary N) is 2. The van der Waals surface area contributed by atoms with Gasteiger partial charge in [0.1, 0.15) is 5.16 Å². The SMILES string of the molecule is C/C(N)=C(Br)/C=C(\N)Cl. The second-order valence-corrected chi connectivity index (χ2v) is 2.85. The molecule has 0 unspecified atom stereocenters. The van der Waals surface area contributed by atoms with Gasteiger partial charge in [0, 0.05) is 10.2 Å². The fraction of sp³-hybridized carbons (Fsp3) is 0.200. The highest BCUT2D eigenvalue weighted by Crippen LogP contribution is 2.11. The fourth-order valence-electron chi connectivity index (χ4n) is 0.235. The van der Waals surface area contributed by atoms with Crippen molar-refractivity contribution >= 4 is 27.5 Å². The van der Waals surface area contributed by atoms with E-state index < -0.39 is 0 Å². The standard InChI is InChI=1S/C5H8BrClN2/c1-3(8)4(6)2-5(7)9/h2H,8-9H2,1H3/b4-3+,5-2-. The summed E-state index contributed by atoms with van der Waals surface area (Å²) in [7, 11) is 0. The number of allylic oxidation sites excluding steroid dienone is 3. The Morgan fingerprint density at radius 1 is 1.56 bits per heavy atom. The number of hydrogen-bond donors (Lipinski definition) is 2. The molecule has 0 aromatic rings. The summed E-state index contributed by atoms with van der Waals surface area (Å²) in [5.74, 6) is 0. The molecule has 0 saturated heterocycles. The Labute approximate surface area is 67.7 Å².